The molecule has 0 amide bonds. The van der Waals surface area contributed by atoms with Crippen molar-refractivity contribution in [2.75, 3.05) is 55.3 Å². The number of benzene rings is 2. The Morgan fingerprint density at radius 3 is 2.47 bits per heavy atom. The first-order chi connectivity index (χ1) is 16.5. The number of nitrogen functional groups attached to an aromatic ring is 1. The zero-order valence-corrected chi connectivity index (χ0v) is 19.7. The summed E-state index contributed by atoms with van der Waals surface area (Å²) >= 11 is 0. The Morgan fingerprint density at radius 1 is 1.00 bits per heavy atom. The monoisotopic (exact) mass is 456 g/mol. The third-order valence-corrected chi connectivity index (χ3v) is 7.50. The van der Waals surface area contributed by atoms with Crippen LogP contribution in [0.25, 0.3) is 10.8 Å². The Balaban J connectivity index is 1.40. The quantitative estimate of drug-likeness (QED) is 0.320. The van der Waals surface area contributed by atoms with Gasteiger partial charge < -0.3 is 20.4 Å². The van der Waals surface area contributed by atoms with Crippen LogP contribution in [-0.4, -0.2) is 60.3 Å². The fourth-order valence-corrected chi connectivity index (χ4v) is 5.35. The van der Waals surface area contributed by atoms with Crippen molar-refractivity contribution in [3.05, 3.63) is 53.0 Å². The molecule has 1 aromatic heterocycles. The Bertz CT molecular complexity index is 1330. The van der Waals surface area contributed by atoms with Gasteiger partial charge in [0.25, 0.3) is 0 Å². The molecule has 0 radical (unpaired) electrons. The summed E-state index contributed by atoms with van der Waals surface area (Å²) in [5, 5.41) is 24.0. The molecule has 2 fully saturated rings. The standard InChI is InChI=1S/C26H32N8/c1-31-10-12-32(13-11-31)23-15-19(27)14-18-16-33(9-8-20(18)23)26-22-5-3-2-4-21(22)25(29)34(30-26)24(28)17-6-7-17/h2-5,14-15,17,28-29H,6-13,16,27H2,1H3. The first kappa shape index (κ1) is 21.2. The lowest BCUT2D eigenvalue weighted by molar-refractivity contribution is 0.312. The minimum absolute atomic E-state index is 0.226. The molecule has 176 valence electrons. The van der Waals surface area contributed by atoms with E-state index in [-0.39, 0.29) is 5.92 Å². The summed E-state index contributed by atoms with van der Waals surface area (Å²) in [5.41, 5.74) is 11.4. The van der Waals surface area contributed by atoms with Crippen LogP contribution in [0.3, 0.4) is 0 Å². The summed E-state index contributed by atoms with van der Waals surface area (Å²) < 4.78 is 1.56. The summed E-state index contributed by atoms with van der Waals surface area (Å²) in [6, 6.07) is 12.2. The third-order valence-electron chi connectivity index (χ3n) is 7.50. The van der Waals surface area contributed by atoms with E-state index in [1.165, 1.54) is 16.8 Å². The predicted molar refractivity (Wildman–Crippen MR) is 137 cm³/mol. The van der Waals surface area contributed by atoms with Gasteiger partial charge >= 0.3 is 0 Å². The maximum Gasteiger partial charge on any atom is 0.157 e. The Morgan fingerprint density at radius 2 is 1.74 bits per heavy atom. The molecule has 34 heavy (non-hydrogen) atoms. The van der Waals surface area contributed by atoms with Crippen LogP contribution in [0, 0.1) is 16.7 Å². The molecule has 0 unspecified atom stereocenters. The molecule has 1 aliphatic carbocycles. The van der Waals surface area contributed by atoms with Crippen molar-refractivity contribution in [2.45, 2.75) is 25.8 Å². The highest BCUT2D eigenvalue weighted by Crippen LogP contribution is 2.35. The van der Waals surface area contributed by atoms with Crippen LogP contribution in [-0.2, 0) is 13.0 Å². The fraction of sp³-hybridized carbons (Fsp3) is 0.423. The average Bonchev–Trinajstić information content (AvgIpc) is 3.69. The Labute approximate surface area is 199 Å². The smallest absolute Gasteiger partial charge is 0.157 e. The van der Waals surface area contributed by atoms with E-state index >= 15 is 0 Å². The van der Waals surface area contributed by atoms with Gasteiger partial charge in [0, 0.05) is 67.3 Å². The van der Waals surface area contributed by atoms with Crippen LogP contribution in [0.15, 0.2) is 36.4 Å². The summed E-state index contributed by atoms with van der Waals surface area (Å²) in [5.74, 6) is 1.52. The molecule has 2 aliphatic heterocycles. The highest BCUT2D eigenvalue weighted by molar-refractivity contribution is 5.94. The number of hydrogen-bond donors (Lipinski definition) is 3. The van der Waals surface area contributed by atoms with Crippen LogP contribution in [0.4, 0.5) is 17.2 Å². The SMILES string of the molecule is CN1CCN(c2cc(N)cc3c2CCN(c2nn(C(=N)C4CC4)c(=N)c4ccccc24)C3)CC1. The van der Waals surface area contributed by atoms with Crippen molar-refractivity contribution in [1.82, 2.24) is 14.7 Å². The van der Waals surface area contributed by atoms with Crippen LogP contribution < -0.4 is 21.0 Å². The number of anilines is 3. The molecule has 1 saturated carbocycles. The molecule has 8 heteroatoms. The van der Waals surface area contributed by atoms with Gasteiger partial charge in [-0.3, -0.25) is 10.8 Å². The first-order valence-electron chi connectivity index (χ1n) is 12.2. The van der Waals surface area contributed by atoms with Gasteiger partial charge in [-0.05, 0) is 49.6 Å². The van der Waals surface area contributed by atoms with Gasteiger partial charge in [-0.2, -0.15) is 4.68 Å². The molecule has 4 N–H and O–H groups in total. The normalized spacial score (nSPS) is 18.9. The van der Waals surface area contributed by atoms with E-state index in [0.29, 0.717) is 11.3 Å². The van der Waals surface area contributed by atoms with Gasteiger partial charge in [0.2, 0.25) is 0 Å². The molecule has 3 heterocycles. The highest BCUT2D eigenvalue weighted by Gasteiger charge is 2.30. The lowest BCUT2D eigenvalue weighted by atomic mass is 9.95. The zero-order valence-electron chi connectivity index (χ0n) is 19.7. The zero-order chi connectivity index (χ0) is 23.4. The van der Waals surface area contributed by atoms with Gasteiger partial charge in [0.15, 0.2) is 11.3 Å². The third kappa shape index (κ3) is 3.62. The second-order valence-electron chi connectivity index (χ2n) is 9.93. The Hall–Kier alpha value is -3.39. The molecule has 3 aromatic rings. The predicted octanol–water partition coefficient (Wildman–Crippen LogP) is 2.65. The van der Waals surface area contributed by atoms with Crippen LogP contribution in [0.5, 0.6) is 0 Å². The van der Waals surface area contributed by atoms with Crippen molar-refractivity contribution >= 4 is 33.8 Å². The van der Waals surface area contributed by atoms with E-state index in [2.05, 4.69) is 33.9 Å². The lowest BCUT2D eigenvalue weighted by Crippen LogP contribution is -2.45. The largest absolute Gasteiger partial charge is 0.399 e. The van der Waals surface area contributed by atoms with Gasteiger partial charge in [-0.1, -0.05) is 24.3 Å². The number of rotatable bonds is 3. The first-order valence-corrected chi connectivity index (χ1v) is 12.2. The number of nitrogens with one attached hydrogen (secondary N) is 2. The number of fused-ring (bicyclic) bond motifs is 2. The molecule has 0 atom stereocenters. The number of nitrogens with zero attached hydrogens (tertiary/aromatic N) is 5. The van der Waals surface area contributed by atoms with E-state index in [1.807, 2.05) is 24.3 Å². The molecular formula is C26H32N8. The van der Waals surface area contributed by atoms with Crippen molar-refractivity contribution in [1.29, 1.82) is 10.8 Å². The number of nitrogens with two attached hydrogens (primary N) is 1. The Kier molecular flexibility index (Phi) is 5.06. The maximum absolute atomic E-state index is 8.72. The van der Waals surface area contributed by atoms with E-state index < -0.39 is 0 Å². The number of piperazine rings is 1. The molecule has 3 aliphatic rings. The minimum Gasteiger partial charge on any atom is -0.399 e. The molecule has 0 spiro atoms. The molecule has 1 saturated heterocycles. The molecule has 2 aromatic carbocycles. The number of hydrogen-bond acceptors (Lipinski definition) is 7. The summed E-state index contributed by atoms with van der Waals surface area (Å²) in [6.45, 7) is 5.76. The van der Waals surface area contributed by atoms with Crippen molar-refractivity contribution in [3.8, 4) is 0 Å². The van der Waals surface area contributed by atoms with Gasteiger partial charge in [0.1, 0.15) is 5.84 Å². The number of aromatic nitrogens is 2. The van der Waals surface area contributed by atoms with Gasteiger partial charge in [-0.25, -0.2) is 0 Å². The molecule has 8 nitrogen and oxygen atoms in total. The van der Waals surface area contributed by atoms with Crippen molar-refractivity contribution in [3.63, 3.8) is 0 Å². The van der Waals surface area contributed by atoms with Crippen LogP contribution >= 0.6 is 0 Å². The van der Waals surface area contributed by atoms with E-state index in [0.717, 1.165) is 80.8 Å². The van der Waals surface area contributed by atoms with E-state index in [9.17, 15) is 0 Å². The van der Waals surface area contributed by atoms with E-state index in [1.54, 1.807) is 4.68 Å². The summed E-state index contributed by atoms with van der Waals surface area (Å²) in [4.78, 5) is 7.16. The fourth-order valence-electron chi connectivity index (χ4n) is 5.35. The summed E-state index contributed by atoms with van der Waals surface area (Å²) in [7, 11) is 2.18. The average molecular weight is 457 g/mol. The molecule has 6 rings (SSSR count). The van der Waals surface area contributed by atoms with Gasteiger partial charge in [0.05, 0.1) is 0 Å². The minimum atomic E-state index is 0.226. The second-order valence-corrected chi connectivity index (χ2v) is 9.93. The summed E-state index contributed by atoms with van der Waals surface area (Å²) in [6.07, 6.45) is 2.96. The maximum atomic E-state index is 8.72. The van der Waals surface area contributed by atoms with Crippen LogP contribution in [0.1, 0.15) is 24.0 Å². The molecular weight excluding hydrogens is 424 g/mol. The highest BCUT2D eigenvalue weighted by atomic mass is 15.4. The van der Waals surface area contributed by atoms with Crippen LogP contribution in [0.2, 0.25) is 0 Å². The topological polar surface area (TPSA) is 101 Å². The second kappa shape index (κ2) is 8.13. The lowest BCUT2D eigenvalue weighted by Gasteiger charge is -2.38. The van der Waals surface area contributed by atoms with Crippen molar-refractivity contribution in [2.24, 2.45) is 5.92 Å². The van der Waals surface area contributed by atoms with Crippen molar-refractivity contribution < 1.29 is 0 Å². The number of likely N-dealkylation sites (N-methyl/N-ethyl adjacent to an activating group) is 1. The van der Waals surface area contributed by atoms with Gasteiger partial charge in [-0.15, -0.1) is 5.10 Å². The van der Waals surface area contributed by atoms with E-state index in [4.69, 9.17) is 21.7 Å². The molecule has 0 bridgehead atoms.